The van der Waals surface area contributed by atoms with Crippen LogP contribution >= 0.6 is 7.60 Å². The number of amides is 2. The smallest absolute Gasteiger partial charge is 0.417 e. The number of ether oxygens (including phenoxy) is 2. The van der Waals surface area contributed by atoms with Gasteiger partial charge in [-0.3, -0.25) is 4.52 Å². The van der Waals surface area contributed by atoms with E-state index in [1.807, 2.05) is 91.0 Å². The Bertz CT molecular complexity index is 2060. The molecule has 1 aliphatic heterocycles. The summed E-state index contributed by atoms with van der Waals surface area (Å²) in [5.74, 6) is -0.0551. The van der Waals surface area contributed by atoms with Gasteiger partial charge in [-0.05, 0) is 73.2 Å². The van der Waals surface area contributed by atoms with Crippen molar-refractivity contribution in [2.45, 2.75) is 70.2 Å². The average Bonchev–Trinajstić information content (AvgIpc) is 3.29. The van der Waals surface area contributed by atoms with Crippen LogP contribution in [0.4, 0.5) is 4.79 Å². The number of nitrogens with zero attached hydrogens (tertiary/aromatic N) is 2. The van der Waals surface area contributed by atoms with Crippen molar-refractivity contribution in [3.63, 3.8) is 0 Å². The van der Waals surface area contributed by atoms with Gasteiger partial charge in [-0.25, -0.2) is 14.2 Å². The fourth-order valence-electron chi connectivity index (χ4n) is 6.90. The summed E-state index contributed by atoms with van der Waals surface area (Å²) < 4.78 is 36.3. The first-order chi connectivity index (χ1) is 27.6. The van der Waals surface area contributed by atoms with Crippen LogP contribution in [-0.4, -0.2) is 75.4 Å². The summed E-state index contributed by atoms with van der Waals surface area (Å²) in [5, 5.41) is 24.1. The topological polar surface area (TPSA) is 135 Å². The standard InChI is InChI=1S/C45H49N2O9P/c1-3-53-44(50)33(2)55-57(52,56-39-22-14-7-15-23-39)32-54-38-26-24-35(25-27-38)29-41-43(49)42(48)40(28-34-16-8-4-9-17-34)46(30-36-18-10-5-11-19-36)45(51)47(41)31-37-20-12-6-13-21-37/h4-27,33,40-43,48-49H,3,28-32H2,1-2H3/t33-,40+,41+,42-,43-,57?/m0/s1. The lowest BCUT2D eigenvalue weighted by Crippen LogP contribution is -2.50. The summed E-state index contributed by atoms with van der Waals surface area (Å²) in [6.45, 7) is 3.68. The third-order valence-corrected chi connectivity index (χ3v) is 11.4. The van der Waals surface area contributed by atoms with Crippen molar-refractivity contribution in [3.05, 3.63) is 168 Å². The molecule has 6 atom stereocenters. The number of carbonyl (C=O) groups is 2. The van der Waals surface area contributed by atoms with Crippen molar-refractivity contribution in [1.29, 1.82) is 0 Å². The fraction of sp³-hybridized carbons (Fsp3) is 0.289. The molecule has 298 valence electrons. The molecule has 0 radical (unpaired) electrons. The van der Waals surface area contributed by atoms with E-state index in [9.17, 15) is 24.4 Å². The highest BCUT2D eigenvalue weighted by Crippen LogP contribution is 2.49. The fourth-order valence-corrected chi connectivity index (χ4v) is 8.38. The van der Waals surface area contributed by atoms with Crippen molar-refractivity contribution in [2.75, 3.05) is 13.0 Å². The van der Waals surface area contributed by atoms with Crippen LogP contribution in [-0.2, 0) is 44.6 Å². The maximum atomic E-state index is 14.9. The van der Waals surface area contributed by atoms with Gasteiger partial charge in [0.15, 0.2) is 6.10 Å². The Balaban J connectivity index is 1.26. The Morgan fingerprint density at radius 1 is 0.649 bits per heavy atom. The van der Waals surface area contributed by atoms with Crippen LogP contribution in [0.3, 0.4) is 0 Å². The molecule has 0 saturated carbocycles. The first-order valence-corrected chi connectivity index (χ1v) is 20.8. The summed E-state index contributed by atoms with van der Waals surface area (Å²) in [6.07, 6.45) is -3.70. The minimum Gasteiger partial charge on any atom is -0.480 e. The maximum Gasteiger partial charge on any atom is 0.417 e. The monoisotopic (exact) mass is 792 g/mol. The van der Waals surface area contributed by atoms with Crippen molar-refractivity contribution in [2.24, 2.45) is 0 Å². The van der Waals surface area contributed by atoms with Gasteiger partial charge < -0.3 is 34.0 Å². The van der Waals surface area contributed by atoms with Crippen LogP contribution < -0.4 is 9.26 Å². The van der Waals surface area contributed by atoms with Gasteiger partial charge in [0.25, 0.3) is 0 Å². The zero-order valence-corrected chi connectivity index (χ0v) is 33.0. The molecular weight excluding hydrogens is 743 g/mol. The van der Waals surface area contributed by atoms with Gasteiger partial charge in [-0.2, -0.15) is 0 Å². The lowest BCUT2D eigenvalue weighted by molar-refractivity contribution is -0.150. The number of carbonyl (C=O) groups excluding carboxylic acids is 2. The second-order valence-electron chi connectivity index (χ2n) is 14.0. The Hall–Kier alpha value is -5.45. The number of aliphatic hydroxyl groups excluding tert-OH is 2. The molecule has 0 aromatic heterocycles. The van der Waals surface area contributed by atoms with Crippen LogP contribution in [0, 0.1) is 0 Å². The molecule has 12 heteroatoms. The van der Waals surface area contributed by atoms with Gasteiger partial charge in [0, 0.05) is 13.1 Å². The third kappa shape index (κ3) is 11.1. The predicted octanol–water partition coefficient (Wildman–Crippen LogP) is 7.65. The Morgan fingerprint density at radius 3 is 1.56 bits per heavy atom. The first kappa shape index (κ1) is 41.2. The van der Waals surface area contributed by atoms with Gasteiger partial charge >= 0.3 is 19.6 Å². The minimum absolute atomic E-state index is 0.133. The van der Waals surface area contributed by atoms with E-state index >= 15 is 0 Å². The van der Waals surface area contributed by atoms with Crippen LogP contribution in [0.25, 0.3) is 0 Å². The van der Waals surface area contributed by atoms with Gasteiger partial charge in [0.1, 0.15) is 23.7 Å². The highest BCUT2D eigenvalue weighted by molar-refractivity contribution is 7.54. The van der Waals surface area contributed by atoms with Crippen molar-refractivity contribution < 1.29 is 42.9 Å². The summed E-state index contributed by atoms with van der Waals surface area (Å²) >= 11 is 0. The van der Waals surface area contributed by atoms with Crippen molar-refractivity contribution in [3.8, 4) is 11.5 Å². The second kappa shape index (κ2) is 19.6. The molecule has 0 aliphatic carbocycles. The van der Waals surface area contributed by atoms with Crippen LogP contribution in [0.1, 0.15) is 36.1 Å². The van der Waals surface area contributed by atoms with Crippen LogP contribution in [0.2, 0.25) is 0 Å². The largest absolute Gasteiger partial charge is 0.480 e. The molecule has 5 aromatic carbocycles. The van der Waals surface area contributed by atoms with Crippen LogP contribution in [0.5, 0.6) is 11.5 Å². The molecule has 0 spiro atoms. The van der Waals surface area contributed by atoms with Gasteiger partial charge in [-0.1, -0.05) is 121 Å². The predicted molar refractivity (Wildman–Crippen MR) is 217 cm³/mol. The van der Waals surface area contributed by atoms with E-state index in [1.165, 1.54) is 6.92 Å². The van der Waals surface area contributed by atoms with Crippen LogP contribution in [0.15, 0.2) is 146 Å². The quantitative estimate of drug-likeness (QED) is 0.0720. The number of hydrogen-bond acceptors (Lipinski definition) is 9. The molecule has 0 bridgehead atoms. The number of benzene rings is 5. The molecule has 2 amide bonds. The first-order valence-electron chi connectivity index (χ1n) is 19.1. The van der Waals surface area contributed by atoms with Crippen molar-refractivity contribution in [1.82, 2.24) is 9.80 Å². The summed E-state index contributed by atoms with van der Waals surface area (Å²) in [7, 11) is -4.05. The average molecular weight is 793 g/mol. The van der Waals surface area contributed by atoms with E-state index < -0.39 is 50.3 Å². The highest BCUT2D eigenvalue weighted by atomic mass is 31.2. The van der Waals surface area contributed by atoms with Gasteiger partial charge in [0.05, 0.1) is 18.7 Å². The molecule has 1 aliphatic rings. The molecule has 57 heavy (non-hydrogen) atoms. The summed E-state index contributed by atoms with van der Waals surface area (Å²) in [5.41, 5.74) is 3.47. The molecule has 1 heterocycles. The van der Waals surface area contributed by atoms with E-state index in [4.69, 9.17) is 18.5 Å². The van der Waals surface area contributed by atoms with E-state index in [1.54, 1.807) is 71.3 Å². The van der Waals surface area contributed by atoms with E-state index in [0.717, 1.165) is 22.3 Å². The number of aliphatic hydroxyl groups is 2. The van der Waals surface area contributed by atoms with Gasteiger partial charge in [-0.15, -0.1) is 0 Å². The lowest BCUT2D eigenvalue weighted by Gasteiger charge is -2.36. The van der Waals surface area contributed by atoms with E-state index in [0.29, 0.717) is 12.2 Å². The molecular formula is C45H49N2O9P. The number of urea groups is 1. The molecule has 6 rings (SSSR count). The normalized spacial score (nSPS) is 19.9. The van der Waals surface area contributed by atoms with E-state index in [-0.39, 0.29) is 37.9 Å². The Kier molecular flexibility index (Phi) is 14.2. The SMILES string of the molecule is CCOC(=O)[C@H](C)OP(=O)(COc1ccc(C[C@@H]2[C@H](O)[C@@H](O)[C@@H](Cc3ccccc3)N(Cc3ccccc3)C(=O)N2Cc2ccccc2)cc1)Oc1ccccc1. The Morgan fingerprint density at radius 2 is 1.09 bits per heavy atom. The van der Waals surface area contributed by atoms with E-state index in [2.05, 4.69) is 0 Å². The molecule has 1 unspecified atom stereocenters. The number of hydrogen-bond donors (Lipinski definition) is 2. The van der Waals surface area contributed by atoms with Gasteiger partial charge in [0.2, 0.25) is 6.35 Å². The summed E-state index contributed by atoms with van der Waals surface area (Å²) in [6, 6.07) is 42.5. The molecule has 1 saturated heterocycles. The zero-order chi connectivity index (χ0) is 40.2. The molecule has 5 aromatic rings. The highest BCUT2D eigenvalue weighted by Gasteiger charge is 2.46. The zero-order valence-electron chi connectivity index (χ0n) is 32.1. The second-order valence-corrected chi connectivity index (χ2v) is 15.8. The molecule has 2 N–H and O–H groups in total. The lowest BCUT2D eigenvalue weighted by atomic mass is 9.91. The maximum absolute atomic E-state index is 14.9. The molecule has 1 fully saturated rings. The minimum atomic E-state index is -4.05. The summed E-state index contributed by atoms with van der Waals surface area (Å²) in [4.78, 5) is 30.6. The number of esters is 1. The van der Waals surface area contributed by atoms with Crippen molar-refractivity contribution >= 4 is 19.6 Å². The Labute approximate surface area is 333 Å². The molecule has 11 nitrogen and oxygen atoms in total. The number of rotatable bonds is 17. The number of para-hydroxylation sites is 1. The third-order valence-electron chi connectivity index (χ3n) is 9.79.